The monoisotopic (exact) mass is 390 g/mol. The first-order valence-corrected chi connectivity index (χ1v) is 10.5. The predicted molar refractivity (Wildman–Crippen MR) is 93.1 cm³/mol. The fourth-order valence-corrected chi connectivity index (χ4v) is 6.04. The molecule has 4 nitrogen and oxygen atoms in total. The van der Waals surface area contributed by atoms with Gasteiger partial charge in [0.1, 0.15) is 0 Å². The normalized spacial score (nSPS) is 27.2. The van der Waals surface area contributed by atoms with Gasteiger partial charge < -0.3 is 4.90 Å². The van der Waals surface area contributed by atoms with Gasteiger partial charge in [-0.15, -0.1) is 0 Å². The first-order chi connectivity index (χ1) is 12.2. The number of benzene rings is 1. The van der Waals surface area contributed by atoms with Crippen molar-refractivity contribution in [3.8, 4) is 0 Å². The molecule has 1 heterocycles. The molecule has 0 spiro atoms. The summed E-state index contributed by atoms with van der Waals surface area (Å²) in [6.45, 7) is 7.03. The van der Waals surface area contributed by atoms with Crippen molar-refractivity contribution in [3.05, 3.63) is 29.8 Å². The molecule has 3 rings (SSSR count). The Morgan fingerprint density at radius 1 is 1.08 bits per heavy atom. The van der Waals surface area contributed by atoms with Gasteiger partial charge in [-0.05, 0) is 62.0 Å². The number of halogens is 3. The average Bonchev–Trinajstić information content (AvgIpc) is 3.17. The van der Waals surface area contributed by atoms with E-state index in [1.165, 1.54) is 4.31 Å². The molecule has 146 valence electrons. The minimum absolute atomic E-state index is 0.0649. The summed E-state index contributed by atoms with van der Waals surface area (Å²) in [4.78, 5) is 2.32. The average molecular weight is 390 g/mol. The molecule has 0 bridgehead atoms. The maximum atomic E-state index is 12.9. The van der Waals surface area contributed by atoms with Gasteiger partial charge in [0.2, 0.25) is 10.0 Å². The van der Waals surface area contributed by atoms with Gasteiger partial charge in [0.05, 0.1) is 10.5 Å². The number of rotatable bonds is 5. The van der Waals surface area contributed by atoms with Gasteiger partial charge in [0.25, 0.3) is 0 Å². The summed E-state index contributed by atoms with van der Waals surface area (Å²) >= 11 is 0. The maximum Gasteiger partial charge on any atom is 0.416 e. The van der Waals surface area contributed by atoms with E-state index in [0.29, 0.717) is 31.0 Å². The van der Waals surface area contributed by atoms with Crippen LogP contribution < -0.4 is 0 Å². The van der Waals surface area contributed by atoms with Gasteiger partial charge in [-0.1, -0.05) is 13.8 Å². The Morgan fingerprint density at radius 2 is 1.69 bits per heavy atom. The van der Waals surface area contributed by atoms with Crippen LogP contribution >= 0.6 is 0 Å². The first-order valence-electron chi connectivity index (χ1n) is 9.10. The minimum Gasteiger partial charge on any atom is -0.301 e. The van der Waals surface area contributed by atoms with Gasteiger partial charge in [0.15, 0.2) is 0 Å². The second-order valence-corrected chi connectivity index (χ2v) is 9.07. The van der Waals surface area contributed by atoms with E-state index in [0.717, 1.165) is 50.2 Å². The van der Waals surface area contributed by atoms with E-state index < -0.39 is 21.8 Å². The zero-order valence-corrected chi connectivity index (χ0v) is 15.9. The van der Waals surface area contributed by atoms with Crippen LogP contribution in [0, 0.1) is 11.8 Å². The summed E-state index contributed by atoms with van der Waals surface area (Å²) < 4.78 is 65.3. The van der Waals surface area contributed by atoms with Crippen LogP contribution in [0.5, 0.6) is 0 Å². The van der Waals surface area contributed by atoms with E-state index in [9.17, 15) is 21.6 Å². The lowest BCUT2D eigenvalue weighted by Crippen LogP contribution is -2.40. The molecule has 0 aromatic heterocycles. The highest BCUT2D eigenvalue weighted by Crippen LogP contribution is 2.42. The van der Waals surface area contributed by atoms with E-state index in [1.54, 1.807) is 0 Å². The van der Waals surface area contributed by atoms with E-state index in [4.69, 9.17) is 0 Å². The number of sulfonamides is 1. The number of fused-ring (bicyclic) bond motifs is 1. The Hall–Kier alpha value is -1.12. The topological polar surface area (TPSA) is 40.6 Å². The SMILES string of the molecule is CCN(CC)[C@H]1CC[C@@H]2CN(S(=O)(=O)c3ccc(C(F)(F)F)cc3)C[C@@H]21. The van der Waals surface area contributed by atoms with Crippen LogP contribution in [0.25, 0.3) is 0 Å². The molecule has 1 aromatic carbocycles. The highest BCUT2D eigenvalue weighted by molar-refractivity contribution is 7.89. The van der Waals surface area contributed by atoms with E-state index in [1.807, 2.05) is 0 Å². The van der Waals surface area contributed by atoms with Crippen molar-refractivity contribution in [1.82, 2.24) is 9.21 Å². The van der Waals surface area contributed by atoms with Crippen molar-refractivity contribution in [2.45, 2.75) is 43.8 Å². The largest absolute Gasteiger partial charge is 0.416 e. The third-order valence-electron chi connectivity index (χ3n) is 5.89. The molecular weight excluding hydrogens is 365 g/mol. The number of nitrogens with zero attached hydrogens (tertiary/aromatic N) is 2. The standard InChI is InChI=1S/C18H25F3N2O2S/c1-3-22(4-2)17-10-5-13-11-23(12-16(13)17)26(24,25)15-8-6-14(7-9-15)18(19,20)21/h6-9,13,16-17H,3-5,10-12H2,1-2H3/t13-,16+,17+/m1/s1. The molecular formula is C18H25F3N2O2S. The maximum absolute atomic E-state index is 12.9. The van der Waals surface area contributed by atoms with Crippen molar-refractivity contribution in [2.24, 2.45) is 11.8 Å². The minimum atomic E-state index is -4.47. The molecule has 0 amide bonds. The predicted octanol–water partition coefficient (Wildman–Crippen LogP) is 3.45. The molecule has 1 saturated carbocycles. The first kappa shape index (κ1) is 19.6. The quantitative estimate of drug-likeness (QED) is 0.773. The van der Waals surface area contributed by atoms with E-state index in [-0.39, 0.29) is 4.90 Å². The second-order valence-electron chi connectivity index (χ2n) is 7.13. The van der Waals surface area contributed by atoms with Gasteiger partial charge >= 0.3 is 6.18 Å². The van der Waals surface area contributed by atoms with E-state index in [2.05, 4.69) is 18.7 Å². The van der Waals surface area contributed by atoms with Crippen LogP contribution in [0.1, 0.15) is 32.3 Å². The Balaban J connectivity index is 1.77. The van der Waals surface area contributed by atoms with Crippen LogP contribution in [0.2, 0.25) is 0 Å². The summed E-state index contributed by atoms with van der Waals surface area (Å²) in [5.74, 6) is 0.643. The molecule has 2 aliphatic rings. The summed E-state index contributed by atoms with van der Waals surface area (Å²) in [5.41, 5.74) is -0.837. The Labute approximate surface area is 153 Å². The lowest BCUT2D eigenvalue weighted by Gasteiger charge is -2.31. The van der Waals surface area contributed by atoms with Crippen molar-refractivity contribution in [1.29, 1.82) is 0 Å². The Kier molecular flexibility index (Phi) is 5.38. The summed E-state index contributed by atoms with van der Waals surface area (Å²) in [6, 6.07) is 4.19. The number of hydrogen-bond acceptors (Lipinski definition) is 3. The van der Waals surface area contributed by atoms with Crippen LogP contribution in [0.15, 0.2) is 29.2 Å². The third kappa shape index (κ3) is 3.51. The van der Waals surface area contributed by atoms with Gasteiger partial charge in [-0.2, -0.15) is 17.5 Å². The molecule has 8 heteroatoms. The third-order valence-corrected chi connectivity index (χ3v) is 7.73. The van der Waals surface area contributed by atoms with E-state index >= 15 is 0 Å². The highest BCUT2D eigenvalue weighted by Gasteiger charge is 2.47. The van der Waals surface area contributed by atoms with Gasteiger partial charge in [0, 0.05) is 19.1 Å². The van der Waals surface area contributed by atoms with Gasteiger partial charge in [-0.3, -0.25) is 0 Å². The fourth-order valence-electron chi connectivity index (χ4n) is 4.50. The molecule has 2 fully saturated rings. The van der Waals surface area contributed by atoms with Crippen molar-refractivity contribution in [2.75, 3.05) is 26.2 Å². The number of alkyl halides is 3. The molecule has 3 atom stereocenters. The Bertz CT molecular complexity index is 730. The fraction of sp³-hybridized carbons (Fsp3) is 0.667. The van der Waals surface area contributed by atoms with Crippen LogP contribution in [0.4, 0.5) is 13.2 Å². The molecule has 1 aromatic rings. The smallest absolute Gasteiger partial charge is 0.301 e. The van der Waals surface area contributed by atoms with Crippen molar-refractivity contribution < 1.29 is 21.6 Å². The van der Waals surface area contributed by atoms with Crippen LogP contribution in [-0.2, 0) is 16.2 Å². The lowest BCUT2D eigenvalue weighted by atomic mass is 9.97. The lowest BCUT2D eigenvalue weighted by molar-refractivity contribution is -0.137. The molecule has 0 unspecified atom stereocenters. The van der Waals surface area contributed by atoms with Crippen molar-refractivity contribution in [3.63, 3.8) is 0 Å². The zero-order valence-electron chi connectivity index (χ0n) is 15.0. The molecule has 0 N–H and O–H groups in total. The van der Waals surface area contributed by atoms with Gasteiger partial charge in [-0.25, -0.2) is 8.42 Å². The van der Waals surface area contributed by atoms with Crippen LogP contribution in [0.3, 0.4) is 0 Å². The Morgan fingerprint density at radius 3 is 2.23 bits per heavy atom. The summed E-state index contributed by atoms with van der Waals surface area (Å²) in [6.07, 6.45) is -2.38. The summed E-state index contributed by atoms with van der Waals surface area (Å²) in [5, 5.41) is 0. The highest BCUT2D eigenvalue weighted by atomic mass is 32.2. The molecule has 1 aliphatic heterocycles. The second kappa shape index (κ2) is 7.13. The molecule has 1 saturated heterocycles. The number of hydrogen-bond donors (Lipinski definition) is 0. The zero-order chi connectivity index (χ0) is 19.1. The molecule has 1 aliphatic carbocycles. The molecule has 0 radical (unpaired) electrons. The summed E-state index contributed by atoms with van der Waals surface area (Å²) in [7, 11) is -3.76. The molecule has 26 heavy (non-hydrogen) atoms. The van der Waals surface area contributed by atoms with Crippen LogP contribution in [-0.4, -0.2) is 49.8 Å². The van der Waals surface area contributed by atoms with Crippen molar-refractivity contribution >= 4 is 10.0 Å².